The van der Waals surface area contributed by atoms with E-state index in [4.69, 9.17) is 21.1 Å². The molecule has 2 N–H and O–H groups in total. The van der Waals surface area contributed by atoms with E-state index in [-0.39, 0.29) is 23.1 Å². The van der Waals surface area contributed by atoms with Gasteiger partial charge in [0.25, 0.3) is 0 Å². The quantitative estimate of drug-likeness (QED) is 0.316. The minimum absolute atomic E-state index is 0.00143. The Hall–Kier alpha value is -3.27. The Balaban J connectivity index is 1.58. The summed E-state index contributed by atoms with van der Waals surface area (Å²) in [5.74, 6) is 0.263. The number of halogens is 2. The van der Waals surface area contributed by atoms with Gasteiger partial charge in [0.2, 0.25) is 5.91 Å². The van der Waals surface area contributed by atoms with Crippen molar-refractivity contribution >= 4 is 45.6 Å². The van der Waals surface area contributed by atoms with E-state index in [0.29, 0.717) is 47.0 Å². The molecule has 4 rings (SSSR count). The van der Waals surface area contributed by atoms with Crippen molar-refractivity contribution in [2.24, 2.45) is 0 Å². The first-order valence-corrected chi connectivity index (χ1v) is 12.6. The zero-order chi connectivity index (χ0) is 26.4. The van der Waals surface area contributed by atoms with Crippen molar-refractivity contribution in [2.45, 2.75) is 38.3 Å². The van der Waals surface area contributed by atoms with Gasteiger partial charge < -0.3 is 20.1 Å². The van der Waals surface area contributed by atoms with Crippen LogP contribution in [0.25, 0.3) is 10.9 Å². The van der Waals surface area contributed by atoms with Gasteiger partial charge in [-0.25, -0.2) is 14.4 Å². The molecular weight excluding hydrogens is 497 g/mol. The lowest BCUT2D eigenvalue weighted by molar-refractivity contribution is -0.111. The predicted octanol–water partition coefficient (Wildman–Crippen LogP) is 5.56. The Kier molecular flexibility index (Phi) is 8.91. The number of ether oxygens (including phenoxy) is 2. The number of benzene rings is 2. The number of anilines is 3. The number of hydrogen-bond donors (Lipinski definition) is 2. The first-order chi connectivity index (χ1) is 17.8. The highest BCUT2D eigenvalue weighted by Crippen LogP contribution is 2.36. The van der Waals surface area contributed by atoms with Crippen LogP contribution in [0.1, 0.15) is 26.2 Å². The zero-order valence-corrected chi connectivity index (χ0v) is 21.9. The predicted molar refractivity (Wildman–Crippen MR) is 144 cm³/mol. The van der Waals surface area contributed by atoms with E-state index in [2.05, 4.69) is 32.4 Å². The molecule has 0 radical (unpaired) electrons. The van der Waals surface area contributed by atoms with Crippen molar-refractivity contribution in [3.05, 3.63) is 59.7 Å². The Morgan fingerprint density at radius 2 is 2.11 bits per heavy atom. The molecule has 0 unspecified atom stereocenters. The van der Waals surface area contributed by atoms with Crippen LogP contribution in [-0.4, -0.2) is 60.2 Å². The largest absolute Gasteiger partial charge is 0.488 e. The van der Waals surface area contributed by atoms with E-state index in [0.717, 1.165) is 19.3 Å². The number of nitrogens with one attached hydrogen (secondary N) is 2. The van der Waals surface area contributed by atoms with Gasteiger partial charge in [0, 0.05) is 42.9 Å². The van der Waals surface area contributed by atoms with Crippen LogP contribution in [0.3, 0.4) is 0 Å². The minimum atomic E-state index is -0.505. The third-order valence-electron chi connectivity index (χ3n) is 6.35. The second-order valence-corrected chi connectivity index (χ2v) is 9.56. The van der Waals surface area contributed by atoms with Crippen LogP contribution in [0.2, 0.25) is 5.02 Å². The first kappa shape index (κ1) is 26.8. The summed E-state index contributed by atoms with van der Waals surface area (Å²) in [5.41, 5.74) is 1.73. The van der Waals surface area contributed by atoms with Crippen LogP contribution in [0.4, 0.5) is 21.6 Å². The maximum absolute atomic E-state index is 13.6. The average Bonchev–Trinajstić information content (AvgIpc) is 2.84. The highest BCUT2D eigenvalue weighted by atomic mass is 35.5. The summed E-state index contributed by atoms with van der Waals surface area (Å²) in [6.07, 6.45) is 7.93. The summed E-state index contributed by atoms with van der Waals surface area (Å²) in [6.45, 7) is 3.27. The monoisotopic (exact) mass is 527 g/mol. The van der Waals surface area contributed by atoms with Crippen LogP contribution in [0, 0.1) is 5.82 Å². The number of methoxy groups -OCH3 is 1. The molecule has 2 aromatic carbocycles. The van der Waals surface area contributed by atoms with Crippen LogP contribution >= 0.6 is 11.6 Å². The SMILES string of the molecule is COC[C@@H](C)N(C)CC=CC(=O)Nc1cc2c(Nc3ccc(F)c(Cl)c3)ncnc2cc1OC1CCC1. The van der Waals surface area contributed by atoms with Gasteiger partial charge in [-0.3, -0.25) is 9.69 Å². The summed E-state index contributed by atoms with van der Waals surface area (Å²) < 4.78 is 25.0. The second kappa shape index (κ2) is 12.3. The molecule has 3 aromatic rings. The fourth-order valence-electron chi connectivity index (χ4n) is 3.81. The van der Waals surface area contributed by atoms with Crippen molar-refractivity contribution in [1.82, 2.24) is 14.9 Å². The molecule has 196 valence electrons. The van der Waals surface area contributed by atoms with Crippen molar-refractivity contribution < 1.29 is 18.7 Å². The van der Waals surface area contributed by atoms with Gasteiger partial charge >= 0.3 is 0 Å². The maximum Gasteiger partial charge on any atom is 0.248 e. The van der Waals surface area contributed by atoms with Gasteiger partial charge in [0.1, 0.15) is 23.7 Å². The lowest BCUT2D eigenvalue weighted by Crippen LogP contribution is -2.32. The summed E-state index contributed by atoms with van der Waals surface area (Å²) in [4.78, 5) is 23.6. The van der Waals surface area contributed by atoms with Crippen molar-refractivity contribution in [3.63, 3.8) is 0 Å². The minimum Gasteiger partial charge on any atom is -0.488 e. The molecule has 0 spiro atoms. The van der Waals surface area contributed by atoms with Crippen molar-refractivity contribution in [2.75, 3.05) is 37.9 Å². The molecule has 1 saturated carbocycles. The van der Waals surface area contributed by atoms with E-state index in [1.54, 1.807) is 25.3 Å². The Morgan fingerprint density at radius 1 is 1.30 bits per heavy atom. The Morgan fingerprint density at radius 3 is 2.81 bits per heavy atom. The molecule has 1 aliphatic rings. The van der Waals surface area contributed by atoms with E-state index in [1.807, 2.05) is 13.1 Å². The molecule has 1 heterocycles. The molecule has 0 bridgehead atoms. The molecular formula is C27H31ClFN5O3. The van der Waals surface area contributed by atoms with Crippen LogP contribution in [0.5, 0.6) is 5.75 Å². The van der Waals surface area contributed by atoms with E-state index < -0.39 is 5.82 Å². The third kappa shape index (κ3) is 6.94. The number of carbonyl (C=O) groups is 1. The summed E-state index contributed by atoms with van der Waals surface area (Å²) in [6, 6.07) is 8.15. The van der Waals surface area contributed by atoms with Gasteiger partial charge in [0.05, 0.1) is 28.9 Å². The molecule has 8 nitrogen and oxygen atoms in total. The van der Waals surface area contributed by atoms with E-state index in [9.17, 15) is 9.18 Å². The topological polar surface area (TPSA) is 88.6 Å². The number of nitrogens with zero attached hydrogens (tertiary/aromatic N) is 3. The van der Waals surface area contributed by atoms with Gasteiger partial charge in [-0.2, -0.15) is 0 Å². The molecule has 1 atom stereocenters. The number of carbonyl (C=O) groups excluding carboxylic acids is 1. The van der Waals surface area contributed by atoms with Gasteiger partial charge in [0.15, 0.2) is 0 Å². The van der Waals surface area contributed by atoms with Gasteiger partial charge in [-0.05, 0) is 57.5 Å². The number of amides is 1. The second-order valence-electron chi connectivity index (χ2n) is 9.15. The van der Waals surface area contributed by atoms with Crippen molar-refractivity contribution in [1.29, 1.82) is 0 Å². The van der Waals surface area contributed by atoms with E-state index in [1.165, 1.54) is 24.5 Å². The molecule has 1 aliphatic carbocycles. The summed E-state index contributed by atoms with van der Waals surface area (Å²) in [5, 5.41) is 6.77. The standard InChI is InChI=1S/C27H31ClFN5O3/c1-17(15-36-3)34(2)11-5-8-26(35)33-24-13-20-23(14-25(24)37-19-6-4-7-19)30-16-31-27(20)32-18-9-10-22(29)21(28)12-18/h5,8-10,12-14,16-17,19H,4,6-7,11,15H2,1-3H3,(H,33,35)(H,30,31,32)/t17-/m1/s1. The highest BCUT2D eigenvalue weighted by molar-refractivity contribution is 6.31. The van der Waals surface area contributed by atoms with Crippen LogP contribution in [-0.2, 0) is 9.53 Å². The number of hydrogen-bond acceptors (Lipinski definition) is 7. The molecule has 1 fully saturated rings. The van der Waals surface area contributed by atoms with Crippen LogP contribution in [0.15, 0.2) is 48.8 Å². The Labute approximate surface area is 220 Å². The molecule has 10 heteroatoms. The molecule has 1 aromatic heterocycles. The maximum atomic E-state index is 13.6. The lowest BCUT2D eigenvalue weighted by Gasteiger charge is -2.27. The van der Waals surface area contributed by atoms with Crippen LogP contribution < -0.4 is 15.4 Å². The lowest BCUT2D eigenvalue weighted by atomic mass is 9.96. The normalized spacial score (nSPS) is 14.6. The van der Waals surface area contributed by atoms with Gasteiger partial charge in [-0.15, -0.1) is 0 Å². The fourth-order valence-corrected chi connectivity index (χ4v) is 3.99. The molecule has 1 amide bonds. The number of rotatable bonds is 11. The third-order valence-corrected chi connectivity index (χ3v) is 6.64. The summed E-state index contributed by atoms with van der Waals surface area (Å²) in [7, 11) is 3.64. The number of likely N-dealkylation sites (N-methyl/N-ethyl adjacent to an activating group) is 1. The van der Waals surface area contributed by atoms with Gasteiger partial charge in [-0.1, -0.05) is 17.7 Å². The Bertz CT molecular complexity index is 1280. The molecule has 37 heavy (non-hydrogen) atoms. The molecule has 0 saturated heterocycles. The van der Waals surface area contributed by atoms with E-state index >= 15 is 0 Å². The zero-order valence-electron chi connectivity index (χ0n) is 21.1. The van der Waals surface area contributed by atoms with Crippen molar-refractivity contribution in [3.8, 4) is 5.75 Å². The smallest absolute Gasteiger partial charge is 0.248 e. The average molecular weight is 528 g/mol. The number of fused-ring (bicyclic) bond motifs is 1. The summed E-state index contributed by atoms with van der Waals surface area (Å²) >= 11 is 5.94. The molecule has 0 aliphatic heterocycles. The highest BCUT2D eigenvalue weighted by Gasteiger charge is 2.22. The fraction of sp³-hybridized carbons (Fsp3) is 0.370. The number of aromatic nitrogens is 2. The first-order valence-electron chi connectivity index (χ1n) is 12.2.